The molecule has 0 amide bonds. The van der Waals surface area contributed by atoms with E-state index in [9.17, 15) is 4.39 Å². The van der Waals surface area contributed by atoms with Gasteiger partial charge < -0.3 is 10.8 Å². The Kier molecular flexibility index (Phi) is 3.03. The van der Waals surface area contributed by atoms with Crippen molar-refractivity contribution < 1.29 is 9.50 Å². The Morgan fingerprint density at radius 1 is 1.46 bits per heavy atom. The number of phenolic OH excluding ortho intramolecular Hbond substituents is 1. The van der Waals surface area contributed by atoms with E-state index in [1.54, 1.807) is 12.2 Å². The second-order valence-electron chi connectivity index (χ2n) is 2.96. The van der Waals surface area contributed by atoms with Crippen molar-refractivity contribution in [1.29, 1.82) is 0 Å². The van der Waals surface area contributed by atoms with Gasteiger partial charge in [0.25, 0.3) is 0 Å². The number of hydrogen-bond donors (Lipinski definition) is 2. The van der Waals surface area contributed by atoms with Crippen LogP contribution in [0.15, 0.2) is 24.3 Å². The fraction of sp³-hybridized carbons (Fsp3) is 0.200. The molecule has 0 heterocycles. The van der Waals surface area contributed by atoms with Crippen LogP contribution in [0.2, 0.25) is 0 Å². The minimum Gasteiger partial charge on any atom is -0.508 e. The van der Waals surface area contributed by atoms with Crippen LogP contribution in [0.4, 0.5) is 4.39 Å². The van der Waals surface area contributed by atoms with Crippen molar-refractivity contribution in [2.75, 3.05) is 0 Å². The van der Waals surface area contributed by atoms with Gasteiger partial charge in [0.15, 0.2) is 0 Å². The van der Waals surface area contributed by atoms with Crippen LogP contribution in [0.25, 0.3) is 6.08 Å². The average Bonchev–Trinajstić information content (AvgIpc) is 1.99. The Morgan fingerprint density at radius 2 is 2.15 bits per heavy atom. The molecular formula is C10H12FNO. The van der Waals surface area contributed by atoms with Gasteiger partial charge >= 0.3 is 0 Å². The van der Waals surface area contributed by atoms with Crippen LogP contribution in [0.1, 0.15) is 12.5 Å². The largest absolute Gasteiger partial charge is 0.508 e. The molecule has 1 atom stereocenters. The molecule has 0 fully saturated rings. The van der Waals surface area contributed by atoms with Crippen LogP contribution in [-0.4, -0.2) is 11.1 Å². The molecule has 3 heteroatoms. The number of benzene rings is 1. The zero-order valence-electron chi connectivity index (χ0n) is 7.37. The van der Waals surface area contributed by atoms with Crippen LogP contribution in [0.3, 0.4) is 0 Å². The maximum Gasteiger partial charge on any atom is 0.127 e. The molecule has 70 valence electrons. The summed E-state index contributed by atoms with van der Waals surface area (Å²) in [6.45, 7) is 1.82. The van der Waals surface area contributed by atoms with Crippen LogP contribution >= 0.6 is 0 Å². The highest BCUT2D eigenvalue weighted by molar-refractivity contribution is 5.52. The molecule has 2 nitrogen and oxygen atoms in total. The second kappa shape index (κ2) is 4.05. The molecule has 0 aliphatic carbocycles. The highest BCUT2D eigenvalue weighted by Gasteiger charge is 1.96. The molecule has 0 aliphatic rings. The molecule has 1 unspecified atom stereocenters. The van der Waals surface area contributed by atoms with Gasteiger partial charge in [-0.3, -0.25) is 0 Å². The highest BCUT2D eigenvalue weighted by atomic mass is 19.1. The van der Waals surface area contributed by atoms with E-state index < -0.39 is 5.82 Å². The molecule has 0 spiro atoms. The lowest BCUT2D eigenvalue weighted by Gasteiger charge is -1.98. The van der Waals surface area contributed by atoms with Gasteiger partial charge in [-0.25, -0.2) is 4.39 Å². The van der Waals surface area contributed by atoms with E-state index in [-0.39, 0.29) is 11.8 Å². The summed E-state index contributed by atoms with van der Waals surface area (Å²) in [5.74, 6) is -0.534. The van der Waals surface area contributed by atoms with Gasteiger partial charge in [0, 0.05) is 12.1 Å². The first kappa shape index (κ1) is 9.74. The average molecular weight is 181 g/mol. The van der Waals surface area contributed by atoms with Gasteiger partial charge in [-0.2, -0.15) is 0 Å². The minimum atomic E-state index is -0.454. The Bertz CT molecular complexity index is 300. The third kappa shape index (κ3) is 3.25. The quantitative estimate of drug-likeness (QED) is 0.731. The fourth-order valence-corrected chi connectivity index (χ4v) is 0.955. The molecule has 13 heavy (non-hydrogen) atoms. The van der Waals surface area contributed by atoms with Crippen molar-refractivity contribution in [2.45, 2.75) is 13.0 Å². The summed E-state index contributed by atoms with van der Waals surface area (Å²) >= 11 is 0. The van der Waals surface area contributed by atoms with Crippen LogP contribution in [0.5, 0.6) is 5.75 Å². The maximum atomic E-state index is 12.7. The van der Waals surface area contributed by atoms with Crippen molar-refractivity contribution in [1.82, 2.24) is 0 Å². The molecule has 0 aliphatic heterocycles. The van der Waals surface area contributed by atoms with Crippen molar-refractivity contribution in [3.05, 3.63) is 35.7 Å². The normalized spacial score (nSPS) is 13.5. The molecule has 0 saturated carbocycles. The van der Waals surface area contributed by atoms with Crippen molar-refractivity contribution >= 4 is 6.08 Å². The number of hydrogen-bond acceptors (Lipinski definition) is 2. The van der Waals surface area contributed by atoms with E-state index in [4.69, 9.17) is 10.8 Å². The molecular weight excluding hydrogens is 169 g/mol. The summed E-state index contributed by atoms with van der Waals surface area (Å²) in [6.07, 6.45) is 3.40. The smallest absolute Gasteiger partial charge is 0.127 e. The second-order valence-corrected chi connectivity index (χ2v) is 2.96. The van der Waals surface area contributed by atoms with E-state index in [0.717, 1.165) is 6.07 Å². The monoisotopic (exact) mass is 181 g/mol. The van der Waals surface area contributed by atoms with E-state index >= 15 is 0 Å². The van der Waals surface area contributed by atoms with E-state index in [0.29, 0.717) is 5.56 Å². The molecule has 1 rings (SSSR count). The number of aromatic hydroxyl groups is 1. The van der Waals surface area contributed by atoms with Crippen LogP contribution in [0, 0.1) is 5.82 Å². The number of phenols is 1. The van der Waals surface area contributed by atoms with Crippen LogP contribution in [-0.2, 0) is 0 Å². The number of rotatable bonds is 2. The van der Waals surface area contributed by atoms with E-state index in [1.807, 2.05) is 6.92 Å². The molecule has 1 aromatic carbocycles. The molecule has 3 N–H and O–H groups in total. The number of nitrogens with two attached hydrogens (primary N) is 1. The summed E-state index contributed by atoms with van der Waals surface area (Å²) in [6, 6.07) is 3.79. The third-order valence-electron chi connectivity index (χ3n) is 1.50. The molecule has 1 aromatic rings. The molecule has 0 radical (unpaired) electrons. The van der Waals surface area contributed by atoms with E-state index in [1.165, 1.54) is 12.1 Å². The van der Waals surface area contributed by atoms with Gasteiger partial charge in [-0.15, -0.1) is 0 Å². The molecule has 0 saturated heterocycles. The van der Waals surface area contributed by atoms with Gasteiger partial charge in [-0.1, -0.05) is 12.2 Å². The standard InChI is InChI=1S/C10H12FNO/c1-7(12)2-3-8-4-9(11)6-10(13)5-8/h2-7,13H,12H2,1H3/b3-2+. The Labute approximate surface area is 76.5 Å². The first-order valence-corrected chi connectivity index (χ1v) is 4.01. The fourth-order valence-electron chi connectivity index (χ4n) is 0.955. The summed E-state index contributed by atoms with van der Waals surface area (Å²) < 4.78 is 12.7. The maximum absolute atomic E-state index is 12.7. The van der Waals surface area contributed by atoms with Crippen LogP contribution < -0.4 is 5.73 Å². The minimum absolute atomic E-state index is 0.0783. The zero-order valence-corrected chi connectivity index (χ0v) is 7.37. The molecule has 0 aromatic heterocycles. The van der Waals surface area contributed by atoms with Crippen molar-refractivity contribution in [3.63, 3.8) is 0 Å². The van der Waals surface area contributed by atoms with Crippen molar-refractivity contribution in [2.24, 2.45) is 5.73 Å². The third-order valence-corrected chi connectivity index (χ3v) is 1.50. The Balaban J connectivity index is 2.89. The lowest BCUT2D eigenvalue weighted by atomic mass is 10.1. The van der Waals surface area contributed by atoms with E-state index in [2.05, 4.69) is 0 Å². The topological polar surface area (TPSA) is 46.2 Å². The van der Waals surface area contributed by atoms with Gasteiger partial charge in [0.2, 0.25) is 0 Å². The SMILES string of the molecule is CC(N)/C=C/c1cc(O)cc(F)c1. The lowest BCUT2D eigenvalue weighted by molar-refractivity contribution is 0.469. The summed E-state index contributed by atoms with van der Waals surface area (Å²) in [5, 5.41) is 9.05. The first-order chi connectivity index (χ1) is 6.08. The molecule has 0 bridgehead atoms. The van der Waals surface area contributed by atoms with Crippen molar-refractivity contribution in [3.8, 4) is 5.75 Å². The van der Waals surface area contributed by atoms with Gasteiger partial charge in [0.05, 0.1) is 0 Å². The predicted molar refractivity (Wildman–Crippen MR) is 50.7 cm³/mol. The van der Waals surface area contributed by atoms with Gasteiger partial charge in [-0.05, 0) is 24.6 Å². The zero-order chi connectivity index (χ0) is 9.84. The lowest BCUT2D eigenvalue weighted by Crippen LogP contribution is -2.09. The predicted octanol–water partition coefficient (Wildman–Crippen LogP) is 1.89. The highest BCUT2D eigenvalue weighted by Crippen LogP contribution is 2.15. The first-order valence-electron chi connectivity index (χ1n) is 4.01. The summed E-state index contributed by atoms with van der Waals surface area (Å²) in [7, 11) is 0. The Hall–Kier alpha value is -1.35. The summed E-state index contributed by atoms with van der Waals surface area (Å²) in [5.41, 5.74) is 6.08. The number of halogens is 1. The Morgan fingerprint density at radius 3 is 2.69 bits per heavy atom. The van der Waals surface area contributed by atoms with Gasteiger partial charge in [0.1, 0.15) is 11.6 Å². The summed E-state index contributed by atoms with van der Waals surface area (Å²) in [4.78, 5) is 0.